The third kappa shape index (κ3) is 8.62. The minimum absolute atomic E-state index is 0.0925. The Morgan fingerprint density at radius 2 is 2.00 bits per heavy atom. The van der Waals surface area contributed by atoms with Crippen LogP contribution < -0.4 is 0 Å². The van der Waals surface area contributed by atoms with E-state index in [1.165, 1.54) is 23.3 Å². The van der Waals surface area contributed by atoms with Gasteiger partial charge < -0.3 is 14.4 Å². The Morgan fingerprint density at radius 1 is 1.26 bits per heavy atom. The fourth-order valence-electron chi connectivity index (χ4n) is 3.44. The number of unbranched alkanes of at least 4 members (excludes halogenated alkanes) is 2. The zero-order valence-electron chi connectivity index (χ0n) is 19.9. The maximum Gasteiger partial charge on any atom is 0.339 e. The molecular weight excluding hydrogens is 410 g/mol. The second-order valence-electron chi connectivity index (χ2n) is 7.41. The molecule has 31 heavy (non-hydrogen) atoms. The van der Waals surface area contributed by atoms with Crippen molar-refractivity contribution in [2.24, 2.45) is 0 Å². The van der Waals surface area contributed by atoms with Crippen molar-refractivity contribution in [1.82, 2.24) is 4.90 Å². The van der Waals surface area contributed by atoms with Crippen molar-refractivity contribution in [1.29, 1.82) is 0 Å². The zero-order valence-corrected chi connectivity index (χ0v) is 20.7. The van der Waals surface area contributed by atoms with Crippen LogP contribution in [0.15, 0.2) is 29.4 Å². The van der Waals surface area contributed by atoms with E-state index >= 15 is 0 Å². The summed E-state index contributed by atoms with van der Waals surface area (Å²) in [5.41, 5.74) is 3.64. The van der Waals surface area contributed by atoms with E-state index in [1.807, 2.05) is 30.2 Å². The van der Waals surface area contributed by atoms with E-state index in [4.69, 9.17) is 9.47 Å². The Labute approximate surface area is 192 Å². The van der Waals surface area contributed by atoms with Gasteiger partial charge in [-0.2, -0.15) is 0 Å². The highest BCUT2D eigenvalue weighted by molar-refractivity contribution is 7.10. The molecule has 1 aliphatic heterocycles. The van der Waals surface area contributed by atoms with Crippen LogP contribution in [0.3, 0.4) is 0 Å². The fraction of sp³-hybridized carbons (Fsp3) is 0.600. The summed E-state index contributed by atoms with van der Waals surface area (Å²) in [5, 5.41) is 1.96. The van der Waals surface area contributed by atoms with Crippen molar-refractivity contribution in [2.75, 3.05) is 26.4 Å². The lowest BCUT2D eigenvalue weighted by molar-refractivity contribution is -0.115. The molecule has 0 amide bonds. The number of rotatable bonds is 10. The van der Waals surface area contributed by atoms with Gasteiger partial charge in [0.15, 0.2) is 5.78 Å². The highest BCUT2D eigenvalue weighted by atomic mass is 32.1. The Hall–Kier alpha value is -1.92. The number of ether oxygens (including phenoxy) is 2. The van der Waals surface area contributed by atoms with Crippen LogP contribution in [-0.4, -0.2) is 43.0 Å². The Morgan fingerprint density at radius 3 is 2.55 bits per heavy atom. The number of esters is 1. The summed E-state index contributed by atoms with van der Waals surface area (Å²) in [6.07, 6.45) is 8.41. The molecule has 174 valence electrons. The number of nitrogens with zero attached hydrogens (tertiary/aromatic N) is 1. The lowest BCUT2D eigenvalue weighted by atomic mass is 10.0. The van der Waals surface area contributed by atoms with E-state index in [-0.39, 0.29) is 11.8 Å². The lowest BCUT2D eigenvalue weighted by Crippen LogP contribution is -2.35. The van der Waals surface area contributed by atoms with Gasteiger partial charge in [0.05, 0.1) is 31.1 Å². The molecule has 1 aliphatic rings. The first kappa shape index (κ1) is 27.1. The number of aryl methyl sites for hydroxylation is 1. The zero-order chi connectivity index (χ0) is 23.2. The standard InChI is InChI=1S/C14H22O2S.C11H17NO2/c1-4-7-8-9-11-12(14(15)16-6-3)10-17-13(11)5-2;1-4-5-11(10(3)13)12-6-7-14-8-9(12)2/h10H,4-9H2,1-3H3;5H,2,4,6-8H2,1,3H3/b;11-5-. The van der Waals surface area contributed by atoms with Gasteiger partial charge in [-0.1, -0.05) is 46.3 Å². The molecule has 5 nitrogen and oxygen atoms in total. The van der Waals surface area contributed by atoms with E-state index in [2.05, 4.69) is 20.4 Å². The van der Waals surface area contributed by atoms with E-state index in [0.717, 1.165) is 49.2 Å². The average molecular weight is 450 g/mol. The van der Waals surface area contributed by atoms with Crippen LogP contribution in [0.2, 0.25) is 0 Å². The molecule has 0 aliphatic carbocycles. The van der Waals surface area contributed by atoms with Crippen LogP contribution in [0.5, 0.6) is 0 Å². The van der Waals surface area contributed by atoms with Crippen molar-refractivity contribution in [3.63, 3.8) is 0 Å². The number of allylic oxidation sites excluding steroid dienone is 2. The summed E-state index contributed by atoms with van der Waals surface area (Å²) in [7, 11) is 0. The normalized spacial score (nSPS) is 14.2. The topological polar surface area (TPSA) is 55.8 Å². The van der Waals surface area contributed by atoms with Gasteiger partial charge >= 0.3 is 5.97 Å². The molecule has 0 spiro atoms. The predicted molar refractivity (Wildman–Crippen MR) is 129 cm³/mol. The van der Waals surface area contributed by atoms with Gasteiger partial charge in [-0.05, 0) is 38.2 Å². The van der Waals surface area contributed by atoms with Crippen molar-refractivity contribution in [2.45, 2.75) is 73.1 Å². The molecule has 0 saturated carbocycles. The second kappa shape index (κ2) is 15.0. The van der Waals surface area contributed by atoms with Gasteiger partial charge in [-0.25, -0.2) is 4.79 Å². The summed E-state index contributed by atoms with van der Waals surface area (Å²) in [5.74, 6) is -0.0650. The number of carbonyl (C=O) groups is 2. The number of morpholine rings is 1. The summed E-state index contributed by atoms with van der Waals surface area (Å²) in [4.78, 5) is 26.5. The van der Waals surface area contributed by atoms with Gasteiger partial charge in [-0.3, -0.25) is 4.79 Å². The quantitative estimate of drug-likeness (QED) is 0.251. The number of hydrogen-bond donors (Lipinski definition) is 0. The molecular formula is C25H39NO4S. The summed E-state index contributed by atoms with van der Waals surface area (Å²) >= 11 is 1.69. The molecule has 0 atom stereocenters. The number of thiophene rings is 1. The van der Waals surface area contributed by atoms with Gasteiger partial charge in [0.25, 0.3) is 0 Å². The molecule has 0 aromatic carbocycles. The Balaban J connectivity index is 0.000000316. The summed E-state index contributed by atoms with van der Waals surface area (Å²) < 4.78 is 10.3. The molecule has 2 heterocycles. The minimum atomic E-state index is -0.157. The second-order valence-corrected chi connectivity index (χ2v) is 8.37. The summed E-state index contributed by atoms with van der Waals surface area (Å²) in [6, 6.07) is 0. The smallest absolute Gasteiger partial charge is 0.339 e. The van der Waals surface area contributed by atoms with Crippen molar-refractivity contribution in [3.05, 3.63) is 45.4 Å². The van der Waals surface area contributed by atoms with Crippen LogP contribution in [-0.2, 0) is 27.1 Å². The van der Waals surface area contributed by atoms with E-state index in [9.17, 15) is 9.59 Å². The van der Waals surface area contributed by atoms with Crippen molar-refractivity contribution >= 4 is 23.1 Å². The summed E-state index contributed by atoms with van der Waals surface area (Å²) in [6.45, 7) is 16.0. The first-order valence-corrected chi connectivity index (χ1v) is 12.3. The average Bonchev–Trinajstić information content (AvgIpc) is 3.16. The molecule has 1 aromatic rings. The van der Waals surface area contributed by atoms with Gasteiger partial charge in [0.2, 0.25) is 0 Å². The minimum Gasteiger partial charge on any atom is -0.462 e. The van der Waals surface area contributed by atoms with Gasteiger partial charge in [0, 0.05) is 29.4 Å². The number of Topliss-reactive ketones (excluding diaryl/α,β-unsaturated/α-hetero) is 1. The molecule has 1 saturated heterocycles. The Bertz CT molecular complexity index is 751. The van der Waals surface area contributed by atoms with Crippen LogP contribution in [0.1, 0.15) is 81.1 Å². The van der Waals surface area contributed by atoms with Crippen molar-refractivity contribution in [3.8, 4) is 0 Å². The predicted octanol–water partition coefficient (Wildman–Crippen LogP) is 5.94. The molecule has 0 bridgehead atoms. The number of ketones is 1. The van der Waals surface area contributed by atoms with Gasteiger partial charge in [0.1, 0.15) is 0 Å². The Kier molecular flexibility index (Phi) is 13.1. The van der Waals surface area contributed by atoms with E-state index < -0.39 is 0 Å². The molecule has 1 fully saturated rings. The van der Waals surface area contributed by atoms with Crippen LogP contribution >= 0.6 is 11.3 Å². The SMILES string of the molecule is C=C1COCCN1/C(=C\CC)C(C)=O.CCCCCc1c(C(=O)OCC)csc1CC. The van der Waals surface area contributed by atoms with Crippen LogP contribution in [0.25, 0.3) is 0 Å². The fourth-order valence-corrected chi connectivity index (χ4v) is 4.45. The highest BCUT2D eigenvalue weighted by Crippen LogP contribution is 2.26. The maximum atomic E-state index is 11.8. The third-order valence-electron chi connectivity index (χ3n) is 4.99. The third-order valence-corrected chi connectivity index (χ3v) is 6.16. The highest BCUT2D eigenvalue weighted by Gasteiger charge is 2.19. The largest absolute Gasteiger partial charge is 0.462 e. The molecule has 6 heteroatoms. The van der Waals surface area contributed by atoms with Gasteiger partial charge in [-0.15, -0.1) is 11.3 Å². The van der Waals surface area contributed by atoms with E-state index in [1.54, 1.807) is 18.3 Å². The molecule has 0 unspecified atom stereocenters. The van der Waals surface area contributed by atoms with Crippen molar-refractivity contribution < 1.29 is 19.1 Å². The molecule has 0 N–H and O–H groups in total. The molecule has 2 rings (SSSR count). The molecule has 0 radical (unpaired) electrons. The van der Waals surface area contributed by atoms with Crippen LogP contribution in [0.4, 0.5) is 0 Å². The lowest BCUT2D eigenvalue weighted by Gasteiger charge is -2.31. The van der Waals surface area contributed by atoms with Crippen LogP contribution in [0, 0.1) is 0 Å². The monoisotopic (exact) mass is 449 g/mol. The van der Waals surface area contributed by atoms with E-state index in [0.29, 0.717) is 19.8 Å². The first-order valence-electron chi connectivity index (χ1n) is 11.4. The molecule has 1 aromatic heterocycles. The maximum absolute atomic E-state index is 11.8. The number of carbonyl (C=O) groups excluding carboxylic acids is 2. The first-order chi connectivity index (χ1) is 14.9. The number of hydrogen-bond acceptors (Lipinski definition) is 6.